The van der Waals surface area contributed by atoms with E-state index in [2.05, 4.69) is 9.50 Å². The SMILES string of the molecule is CS(=O)(=O)OCCC[C@@H]1OC(=O)C[C@H]1[C@H]1CCC(=O)N1. The van der Waals surface area contributed by atoms with Crippen LogP contribution in [0.25, 0.3) is 0 Å². The fourth-order valence-corrected chi connectivity index (χ4v) is 3.18. The molecule has 2 saturated heterocycles. The van der Waals surface area contributed by atoms with Gasteiger partial charge in [0.1, 0.15) is 6.10 Å². The number of esters is 1. The van der Waals surface area contributed by atoms with Crippen LogP contribution in [0.3, 0.4) is 0 Å². The van der Waals surface area contributed by atoms with E-state index in [1.165, 1.54) is 0 Å². The first-order chi connectivity index (χ1) is 9.35. The molecule has 1 amide bonds. The minimum atomic E-state index is -3.43. The second kappa shape index (κ2) is 6.09. The van der Waals surface area contributed by atoms with Crippen LogP contribution in [0.15, 0.2) is 0 Å². The first kappa shape index (κ1) is 15.2. The van der Waals surface area contributed by atoms with Gasteiger partial charge in [-0.2, -0.15) is 8.42 Å². The normalized spacial score (nSPS) is 30.4. The summed E-state index contributed by atoms with van der Waals surface area (Å²) in [4.78, 5) is 22.7. The summed E-state index contributed by atoms with van der Waals surface area (Å²) in [6.45, 7) is 0.0800. The lowest BCUT2D eigenvalue weighted by Gasteiger charge is -2.22. The third-order valence-electron chi connectivity index (χ3n) is 3.64. The van der Waals surface area contributed by atoms with Crippen LogP contribution in [-0.4, -0.2) is 45.3 Å². The molecule has 1 N–H and O–H groups in total. The van der Waals surface area contributed by atoms with Crippen LogP contribution in [-0.2, 0) is 28.6 Å². The standard InChI is InChI=1S/C12H19NO6S/c1-20(16,17)18-6-2-3-10-8(7-12(15)19-10)9-4-5-11(14)13-9/h8-10H,2-7H2,1H3,(H,13,14)/t8-,9+,10-/m0/s1. The molecular weight excluding hydrogens is 286 g/mol. The van der Waals surface area contributed by atoms with E-state index in [0.717, 1.165) is 12.7 Å². The molecule has 0 unspecified atom stereocenters. The number of hydrogen-bond donors (Lipinski definition) is 1. The van der Waals surface area contributed by atoms with E-state index < -0.39 is 10.1 Å². The Kier molecular flexibility index (Phi) is 4.64. The molecule has 2 aliphatic heterocycles. The van der Waals surface area contributed by atoms with Crippen molar-refractivity contribution in [3.8, 4) is 0 Å². The summed E-state index contributed by atoms with van der Waals surface area (Å²) in [5.41, 5.74) is 0. The van der Waals surface area contributed by atoms with Gasteiger partial charge in [-0.15, -0.1) is 0 Å². The minimum absolute atomic E-state index is 0.00788. The van der Waals surface area contributed by atoms with Crippen LogP contribution in [0.4, 0.5) is 0 Å². The molecule has 8 heteroatoms. The molecule has 2 heterocycles. The van der Waals surface area contributed by atoms with Gasteiger partial charge in [-0.25, -0.2) is 0 Å². The number of amides is 1. The van der Waals surface area contributed by atoms with E-state index in [-0.39, 0.29) is 36.5 Å². The number of ether oxygens (including phenoxy) is 1. The van der Waals surface area contributed by atoms with E-state index >= 15 is 0 Å². The smallest absolute Gasteiger partial charge is 0.306 e. The predicted octanol–water partition coefficient (Wildman–Crippen LogP) is -0.0469. The molecule has 0 aromatic carbocycles. The van der Waals surface area contributed by atoms with E-state index in [1.807, 2.05) is 0 Å². The Bertz CT molecular complexity index is 488. The molecule has 114 valence electrons. The molecule has 0 saturated carbocycles. The van der Waals surface area contributed by atoms with Gasteiger partial charge >= 0.3 is 5.97 Å². The third kappa shape index (κ3) is 4.17. The maximum absolute atomic E-state index is 11.4. The summed E-state index contributed by atoms with van der Waals surface area (Å²) in [6, 6.07) is -0.0187. The number of carbonyl (C=O) groups excluding carboxylic acids is 2. The highest BCUT2D eigenvalue weighted by molar-refractivity contribution is 7.85. The monoisotopic (exact) mass is 305 g/mol. The number of carbonyl (C=O) groups is 2. The van der Waals surface area contributed by atoms with Crippen molar-refractivity contribution in [2.75, 3.05) is 12.9 Å². The van der Waals surface area contributed by atoms with E-state index in [4.69, 9.17) is 4.74 Å². The quantitative estimate of drug-likeness (QED) is 0.420. The summed E-state index contributed by atoms with van der Waals surface area (Å²) in [5, 5.41) is 2.86. The lowest BCUT2D eigenvalue weighted by molar-refractivity contribution is -0.141. The lowest BCUT2D eigenvalue weighted by Crippen LogP contribution is -2.37. The molecule has 0 spiro atoms. The van der Waals surface area contributed by atoms with Crippen LogP contribution in [0, 0.1) is 5.92 Å². The average molecular weight is 305 g/mol. The van der Waals surface area contributed by atoms with Crippen LogP contribution in [0.1, 0.15) is 32.1 Å². The summed E-state index contributed by atoms with van der Waals surface area (Å²) >= 11 is 0. The molecule has 2 rings (SSSR count). The van der Waals surface area contributed by atoms with Crippen molar-refractivity contribution in [3.05, 3.63) is 0 Å². The Labute approximate surface area is 118 Å². The highest BCUT2D eigenvalue weighted by Gasteiger charge is 2.41. The molecule has 0 aliphatic carbocycles. The second-order valence-electron chi connectivity index (χ2n) is 5.28. The van der Waals surface area contributed by atoms with Gasteiger partial charge < -0.3 is 10.1 Å². The van der Waals surface area contributed by atoms with E-state index in [9.17, 15) is 18.0 Å². The van der Waals surface area contributed by atoms with Gasteiger partial charge in [0.25, 0.3) is 10.1 Å². The van der Waals surface area contributed by atoms with E-state index in [1.54, 1.807) is 0 Å². The largest absolute Gasteiger partial charge is 0.462 e. The fourth-order valence-electron chi connectivity index (χ4n) is 2.76. The summed E-state index contributed by atoms with van der Waals surface area (Å²) in [6.07, 6.45) is 3.27. The Morgan fingerprint density at radius 3 is 2.75 bits per heavy atom. The molecular formula is C12H19NO6S. The minimum Gasteiger partial charge on any atom is -0.462 e. The van der Waals surface area contributed by atoms with Gasteiger partial charge in [-0.1, -0.05) is 0 Å². The first-order valence-electron chi connectivity index (χ1n) is 6.68. The number of hydrogen-bond acceptors (Lipinski definition) is 6. The molecule has 3 atom stereocenters. The molecule has 2 aliphatic rings. The van der Waals surface area contributed by atoms with Crippen molar-refractivity contribution in [2.24, 2.45) is 5.92 Å². The van der Waals surface area contributed by atoms with Gasteiger partial charge in [0.15, 0.2) is 0 Å². The molecule has 0 aromatic rings. The van der Waals surface area contributed by atoms with Gasteiger partial charge in [0.2, 0.25) is 5.91 Å². The summed E-state index contributed by atoms with van der Waals surface area (Å²) in [7, 11) is -3.43. The molecule has 0 radical (unpaired) electrons. The van der Waals surface area contributed by atoms with Gasteiger partial charge in [-0.3, -0.25) is 13.8 Å². The van der Waals surface area contributed by atoms with Crippen LogP contribution < -0.4 is 5.32 Å². The van der Waals surface area contributed by atoms with Crippen molar-refractivity contribution in [1.82, 2.24) is 5.32 Å². The number of rotatable bonds is 6. The van der Waals surface area contributed by atoms with Crippen molar-refractivity contribution in [1.29, 1.82) is 0 Å². The molecule has 20 heavy (non-hydrogen) atoms. The fraction of sp³-hybridized carbons (Fsp3) is 0.833. The van der Waals surface area contributed by atoms with Gasteiger partial charge in [-0.05, 0) is 19.3 Å². The van der Waals surface area contributed by atoms with Crippen molar-refractivity contribution >= 4 is 22.0 Å². The molecule has 2 fully saturated rings. The number of cyclic esters (lactones) is 1. The predicted molar refractivity (Wildman–Crippen MR) is 69.2 cm³/mol. The molecule has 0 aromatic heterocycles. The van der Waals surface area contributed by atoms with Crippen molar-refractivity contribution < 1.29 is 26.9 Å². The van der Waals surface area contributed by atoms with Crippen molar-refractivity contribution in [2.45, 2.75) is 44.2 Å². The maximum atomic E-state index is 11.4. The zero-order chi connectivity index (χ0) is 14.8. The Hall–Kier alpha value is -1.15. The van der Waals surface area contributed by atoms with Gasteiger partial charge in [0.05, 0.1) is 19.3 Å². The molecule has 7 nitrogen and oxygen atoms in total. The zero-order valence-corrected chi connectivity index (χ0v) is 12.1. The summed E-state index contributed by atoms with van der Waals surface area (Å²) in [5.74, 6) is -0.272. The van der Waals surface area contributed by atoms with Gasteiger partial charge in [0, 0.05) is 18.4 Å². The second-order valence-corrected chi connectivity index (χ2v) is 6.92. The lowest BCUT2D eigenvalue weighted by atomic mass is 9.89. The third-order valence-corrected chi connectivity index (χ3v) is 4.23. The average Bonchev–Trinajstić information content (AvgIpc) is 2.90. The van der Waals surface area contributed by atoms with Crippen LogP contribution in [0.5, 0.6) is 0 Å². The first-order valence-corrected chi connectivity index (χ1v) is 8.50. The number of nitrogens with one attached hydrogen (secondary N) is 1. The molecule has 0 bridgehead atoms. The zero-order valence-electron chi connectivity index (χ0n) is 11.3. The highest BCUT2D eigenvalue weighted by Crippen LogP contribution is 2.32. The van der Waals surface area contributed by atoms with Crippen LogP contribution >= 0.6 is 0 Å². The van der Waals surface area contributed by atoms with Crippen molar-refractivity contribution in [3.63, 3.8) is 0 Å². The Morgan fingerprint density at radius 1 is 1.40 bits per heavy atom. The summed E-state index contributed by atoms with van der Waals surface area (Å²) < 4.78 is 31.6. The maximum Gasteiger partial charge on any atom is 0.306 e. The van der Waals surface area contributed by atoms with E-state index in [0.29, 0.717) is 25.7 Å². The highest BCUT2D eigenvalue weighted by atomic mass is 32.2. The van der Waals surface area contributed by atoms with Crippen LogP contribution in [0.2, 0.25) is 0 Å². The Balaban J connectivity index is 1.82. The topological polar surface area (TPSA) is 98.8 Å². The Morgan fingerprint density at radius 2 is 2.15 bits per heavy atom.